The summed E-state index contributed by atoms with van der Waals surface area (Å²) < 4.78 is 0. The molecule has 0 saturated heterocycles. The third-order valence-corrected chi connectivity index (χ3v) is 0.500. The third-order valence-electron chi connectivity index (χ3n) is 0.500. The Hall–Kier alpha value is 0.310. The van der Waals surface area contributed by atoms with Crippen molar-refractivity contribution in [1.29, 1.82) is 0 Å². The Balaban J connectivity index is 0. The fraction of sp³-hybridized carbons (Fsp3) is 1.00. The van der Waals surface area contributed by atoms with Crippen molar-refractivity contribution < 1.29 is 0 Å². The van der Waals surface area contributed by atoms with Gasteiger partial charge in [0.2, 0.25) is 0 Å². The SMILES string of the molecule is CCNCC.CCS. The molecule has 2 heteroatoms. The highest BCUT2D eigenvalue weighted by molar-refractivity contribution is 7.80. The third kappa shape index (κ3) is 33.3. The Labute approximate surface area is 58.3 Å². The Bertz CT molecular complexity index is 22.5. The van der Waals surface area contributed by atoms with Gasteiger partial charge in [0.15, 0.2) is 0 Å². The molecule has 52 valence electrons. The van der Waals surface area contributed by atoms with Crippen LogP contribution in [0.25, 0.3) is 0 Å². The summed E-state index contributed by atoms with van der Waals surface area (Å²) in [4.78, 5) is 0. The molecule has 0 saturated carbocycles. The second kappa shape index (κ2) is 15.7. The average Bonchev–Trinajstić information content (AvgIpc) is 1.71. The fourth-order valence-corrected chi connectivity index (χ4v) is 0.250. The van der Waals surface area contributed by atoms with E-state index in [0.717, 1.165) is 18.8 Å². The maximum absolute atomic E-state index is 3.79. The van der Waals surface area contributed by atoms with Crippen LogP contribution in [-0.2, 0) is 0 Å². The molecule has 0 aliphatic rings. The minimum atomic E-state index is 0.944. The van der Waals surface area contributed by atoms with E-state index in [1.807, 2.05) is 6.92 Å². The maximum atomic E-state index is 3.79. The molecule has 1 N–H and O–H groups in total. The van der Waals surface area contributed by atoms with Crippen LogP contribution in [0.5, 0.6) is 0 Å². The van der Waals surface area contributed by atoms with Crippen LogP contribution in [0.1, 0.15) is 20.8 Å². The van der Waals surface area contributed by atoms with Crippen LogP contribution in [0.2, 0.25) is 0 Å². The summed E-state index contributed by atoms with van der Waals surface area (Å²) in [7, 11) is 0. The molecule has 0 aromatic heterocycles. The minimum absolute atomic E-state index is 0.944. The van der Waals surface area contributed by atoms with E-state index < -0.39 is 0 Å². The van der Waals surface area contributed by atoms with Crippen LogP contribution in [0, 0.1) is 0 Å². The topological polar surface area (TPSA) is 12.0 Å². The molecule has 0 aliphatic carbocycles. The number of nitrogens with one attached hydrogen (secondary N) is 1. The van der Waals surface area contributed by atoms with Crippen LogP contribution in [0.4, 0.5) is 0 Å². The van der Waals surface area contributed by atoms with Crippen LogP contribution in [0.15, 0.2) is 0 Å². The molecular formula is C6H17NS. The quantitative estimate of drug-likeness (QED) is 0.547. The zero-order chi connectivity index (χ0) is 6.83. The smallest absolute Gasteiger partial charge is 0.00775 e. The molecule has 0 atom stereocenters. The Morgan fingerprint density at radius 2 is 1.38 bits per heavy atom. The van der Waals surface area contributed by atoms with E-state index in [1.54, 1.807) is 0 Å². The average molecular weight is 135 g/mol. The first-order valence-electron chi connectivity index (χ1n) is 3.14. The standard InChI is InChI=1S/C4H11N.C2H6S/c1-3-5-4-2;1-2-3/h5H,3-4H2,1-2H3;3H,2H2,1H3. The van der Waals surface area contributed by atoms with Crippen LogP contribution in [-0.4, -0.2) is 18.8 Å². The van der Waals surface area contributed by atoms with Crippen molar-refractivity contribution in [1.82, 2.24) is 5.32 Å². The molecule has 0 aromatic carbocycles. The first-order chi connectivity index (χ1) is 3.83. The largest absolute Gasteiger partial charge is 0.317 e. The van der Waals surface area contributed by atoms with Crippen molar-refractivity contribution in [3.63, 3.8) is 0 Å². The maximum Gasteiger partial charge on any atom is -0.00775 e. The molecule has 0 fully saturated rings. The summed E-state index contributed by atoms with van der Waals surface area (Å²) in [6.45, 7) is 8.38. The molecule has 0 spiro atoms. The van der Waals surface area contributed by atoms with E-state index in [0.29, 0.717) is 0 Å². The lowest BCUT2D eigenvalue weighted by Gasteiger charge is -1.86. The van der Waals surface area contributed by atoms with Crippen molar-refractivity contribution in [3.05, 3.63) is 0 Å². The number of hydrogen-bond donors (Lipinski definition) is 2. The van der Waals surface area contributed by atoms with Crippen LogP contribution in [0.3, 0.4) is 0 Å². The molecule has 0 heterocycles. The van der Waals surface area contributed by atoms with Gasteiger partial charge < -0.3 is 5.32 Å². The molecule has 0 radical (unpaired) electrons. The molecule has 1 nitrogen and oxygen atoms in total. The van der Waals surface area contributed by atoms with E-state index in [4.69, 9.17) is 0 Å². The predicted octanol–water partition coefficient (Wildman–Crippen LogP) is 1.55. The molecule has 0 aromatic rings. The molecule has 0 rings (SSSR count). The molecule has 0 unspecified atom stereocenters. The molecule has 0 amide bonds. The van der Waals surface area contributed by atoms with E-state index in [9.17, 15) is 0 Å². The van der Waals surface area contributed by atoms with Gasteiger partial charge in [-0.05, 0) is 18.8 Å². The summed E-state index contributed by atoms with van der Waals surface area (Å²) in [5.41, 5.74) is 0. The lowest BCUT2D eigenvalue weighted by molar-refractivity contribution is 0.762. The summed E-state index contributed by atoms with van der Waals surface area (Å²) in [6, 6.07) is 0. The second-order valence-corrected chi connectivity index (χ2v) is 1.91. The minimum Gasteiger partial charge on any atom is -0.317 e. The highest BCUT2D eigenvalue weighted by atomic mass is 32.1. The number of hydrogen-bond acceptors (Lipinski definition) is 2. The molecule has 8 heavy (non-hydrogen) atoms. The van der Waals surface area contributed by atoms with Gasteiger partial charge >= 0.3 is 0 Å². The summed E-state index contributed by atoms with van der Waals surface area (Å²) >= 11 is 3.79. The van der Waals surface area contributed by atoms with Crippen LogP contribution >= 0.6 is 12.6 Å². The van der Waals surface area contributed by atoms with Gasteiger partial charge in [-0.2, -0.15) is 12.6 Å². The normalized spacial score (nSPS) is 7.50. The van der Waals surface area contributed by atoms with Crippen molar-refractivity contribution in [2.75, 3.05) is 18.8 Å². The van der Waals surface area contributed by atoms with Gasteiger partial charge in [-0.25, -0.2) is 0 Å². The molecular weight excluding hydrogens is 118 g/mol. The van der Waals surface area contributed by atoms with Gasteiger partial charge in [-0.1, -0.05) is 20.8 Å². The van der Waals surface area contributed by atoms with Crippen molar-refractivity contribution in [2.45, 2.75) is 20.8 Å². The van der Waals surface area contributed by atoms with E-state index in [1.165, 1.54) is 0 Å². The summed E-state index contributed by atoms with van der Waals surface area (Å²) in [5, 5.41) is 3.11. The lowest BCUT2D eigenvalue weighted by atomic mass is 10.7. The molecule has 0 bridgehead atoms. The fourth-order valence-electron chi connectivity index (χ4n) is 0.250. The van der Waals surface area contributed by atoms with Gasteiger partial charge in [-0.3, -0.25) is 0 Å². The Morgan fingerprint density at radius 1 is 1.12 bits per heavy atom. The summed E-state index contributed by atoms with van der Waals surface area (Å²) in [5.74, 6) is 0.944. The Kier molecular flexibility index (Phi) is 21.8. The van der Waals surface area contributed by atoms with Gasteiger partial charge in [0, 0.05) is 0 Å². The lowest BCUT2D eigenvalue weighted by Crippen LogP contribution is -2.09. The van der Waals surface area contributed by atoms with Gasteiger partial charge in [0.05, 0.1) is 0 Å². The highest BCUT2D eigenvalue weighted by Gasteiger charge is 1.62. The molecule has 0 aliphatic heterocycles. The first-order valence-corrected chi connectivity index (χ1v) is 3.78. The zero-order valence-electron chi connectivity index (χ0n) is 6.07. The monoisotopic (exact) mass is 135 g/mol. The van der Waals surface area contributed by atoms with Gasteiger partial charge in [-0.15, -0.1) is 0 Å². The van der Waals surface area contributed by atoms with E-state index in [2.05, 4.69) is 31.8 Å². The first kappa shape index (κ1) is 11.2. The number of thiol groups is 1. The van der Waals surface area contributed by atoms with Crippen molar-refractivity contribution in [3.8, 4) is 0 Å². The van der Waals surface area contributed by atoms with Crippen LogP contribution < -0.4 is 5.32 Å². The highest BCUT2D eigenvalue weighted by Crippen LogP contribution is 1.58. The predicted molar refractivity (Wildman–Crippen MR) is 43.7 cm³/mol. The zero-order valence-corrected chi connectivity index (χ0v) is 6.96. The van der Waals surface area contributed by atoms with Crippen molar-refractivity contribution >= 4 is 12.6 Å². The Morgan fingerprint density at radius 3 is 1.38 bits per heavy atom. The second-order valence-electron chi connectivity index (χ2n) is 1.27. The van der Waals surface area contributed by atoms with Crippen molar-refractivity contribution in [2.24, 2.45) is 0 Å². The summed E-state index contributed by atoms with van der Waals surface area (Å²) in [6.07, 6.45) is 0. The number of rotatable bonds is 2. The van der Waals surface area contributed by atoms with Gasteiger partial charge in [0.1, 0.15) is 0 Å². The van der Waals surface area contributed by atoms with E-state index >= 15 is 0 Å². The van der Waals surface area contributed by atoms with Gasteiger partial charge in [0.25, 0.3) is 0 Å². The van der Waals surface area contributed by atoms with E-state index in [-0.39, 0.29) is 0 Å².